The quantitative estimate of drug-likeness (QED) is 0.426. The Bertz CT molecular complexity index is 985. The summed E-state index contributed by atoms with van der Waals surface area (Å²) in [5.74, 6) is -1.76. The van der Waals surface area contributed by atoms with Crippen molar-refractivity contribution in [2.45, 2.75) is 18.9 Å². The Morgan fingerprint density at radius 3 is 2.70 bits per heavy atom. The van der Waals surface area contributed by atoms with E-state index in [9.17, 15) is 13.6 Å². The standard InChI is InChI=1S/C19H23F2N7OS/c1-25-17(28-7-3-4-10(23)9-28)13(8-22)26-18(29)15-16(24)30-19(27-15)14-11(20)5-2-6-12(14)21/h2,5-6,8,10H,3-4,7,9,22-24H2,1H3,(H,26,29)/b13-8+,25-17?/t10-/m1/s1. The summed E-state index contributed by atoms with van der Waals surface area (Å²) in [5.41, 5.74) is 17.5. The first-order valence-corrected chi connectivity index (χ1v) is 10.1. The number of amidine groups is 1. The summed E-state index contributed by atoms with van der Waals surface area (Å²) in [6.45, 7) is 1.30. The van der Waals surface area contributed by atoms with Crippen molar-refractivity contribution in [2.75, 3.05) is 25.9 Å². The third-order valence-electron chi connectivity index (χ3n) is 4.67. The third-order valence-corrected chi connectivity index (χ3v) is 5.57. The van der Waals surface area contributed by atoms with Crippen molar-refractivity contribution in [2.24, 2.45) is 16.5 Å². The molecule has 0 spiro atoms. The van der Waals surface area contributed by atoms with Crippen molar-refractivity contribution in [3.63, 3.8) is 0 Å². The summed E-state index contributed by atoms with van der Waals surface area (Å²) in [4.78, 5) is 23.0. The molecular formula is C19H23F2N7OS. The number of likely N-dealkylation sites (tertiary alicyclic amines) is 1. The number of amides is 1. The number of thiazole rings is 1. The summed E-state index contributed by atoms with van der Waals surface area (Å²) in [6.07, 6.45) is 3.02. The fourth-order valence-corrected chi connectivity index (χ4v) is 4.17. The monoisotopic (exact) mass is 435 g/mol. The van der Waals surface area contributed by atoms with Gasteiger partial charge >= 0.3 is 0 Å². The van der Waals surface area contributed by atoms with Crippen LogP contribution < -0.4 is 22.5 Å². The molecule has 1 aliphatic heterocycles. The number of nitrogens with zero attached hydrogens (tertiary/aromatic N) is 3. The van der Waals surface area contributed by atoms with Gasteiger partial charge in [-0.2, -0.15) is 0 Å². The van der Waals surface area contributed by atoms with E-state index in [1.807, 2.05) is 4.90 Å². The molecule has 8 nitrogen and oxygen atoms in total. The number of rotatable bonds is 4. The molecule has 1 saturated heterocycles. The SMILES string of the molecule is CN=C(/C(=C\N)NC(=O)c1nc(-c2c(F)cccc2F)sc1N)N1CCC[C@@H](N)C1. The van der Waals surface area contributed by atoms with Crippen LogP contribution in [0.1, 0.15) is 23.3 Å². The number of anilines is 1. The highest BCUT2D eigenvalue weighted by atomic mass is 32.1. The molecule has 11 heteroatoms. The predicted octanol–water partition coefficient (Wildman–Crippen LogP) is 1.65. The Labute approximate surface area is 176 Å². The lowest BCUT2D eigenvalue weighted by molar-refractivity contribution is 0.0963. The van der Waals surface area contributed by atoms with Crippen LogP contribution in [0.3, 0.4) is 0 Å². The molecule has 2 aromatic rings. The average molecular weight is 436 g/mol. The zero-order valence-electron chi connectivity index (χ0n) is 16.4. The molecule has 0 aliphatic carbocycles. The Morgan fingerprint density at radius 1 is 1.40 bits per heavy atom. The lowest BCUT2D eigenvalue weighted by Crippen LogP contribution is -2.48. The number of carbonyl (C=O) groups is 1. The van der Waals surface area contributed by atoms with Crippen molar-refractivity contribution in [3.8, 4) is 10.6 Å². The molecule has 1 aromatic heterocycles. The molecule has 3 rings (SSSR count). The normalized spacial score (nSPS) is 17.9. The predicted molar refractivity (Wildman–Crippen MR) is 114 cm³/mol. The second-order valence-corrected chi connectivity index (χ2v) is 7.79. The second kappa shape index (κ2) is 9.18. The maximum absolute atomic E-state index is 14.1. The second-order valence-electron chi connectivity index (χ2n) is 6.76. The lowest BCUT2D eigenvalue weighted by Gasteiger charge is -2.33. The summed E-state index contributed by atoms with van der Waals surface area (Å²) in [7, 11) is 1.58. The molecule has 1 atom stereocenters. The van der Waals surface area contributed by atoms with Gasteiger partial charge < -0.3 is 27.4 Å². The number of carbonyl (C=O) groups excluding carboxylic acids is 1. The number of piperidine rings is 1. The highest BCUT2D eigenvalue weighted by molar-refractivity contribution is 7.19. The summed E-state index contributed by atoms with van der Waals surface area (Å²) in [5, 5.41) is 2.64. The minimum absolute atomic E-state index is 0.00219. The molecule has 160 valence electrons. The first-order valence-electron chi connectivity index (χ1n) is 9.27. The number of aromatic nitrogens is 1. The Hall–Kier alpha value is -3.05. The van der Waals surface area contributed by atoms with Crippen LogP contribution in [0.2, 0.25) is 0 Å². The van der Waals surface area contributed by atoms with E-state index in [4.69, 9.17) is 17.2 Å². The van der Waals surface area contributed by atoms with Gasteiger partial charge in [0, 0.05) is 32.4 Å². The largest absolute Gasteiger partial charge is 0.403 e. The summed E-state index contributed by atoms with van der Waals surface area (Å²) in [6, 6.07) is 3.46. The Kier molecular flexibility index (Phi) is 6.63. The molecule has 2 heterocycles. The van der Waals surface area contributed by atoms with Gasteiger partial charge in [-0.1, -0.05) is 17.4 Å². The first-order chi connectivity index (χ1) is 14.3. The summed E-state index contributed by atoms with van der Waals surface area (Å²) >= 11 is 0.819. The minimum atomic E-state index is -0.792. The minimum Gasteiger partial charge on any atom is -0.403 e. The van der Waals surface area contributed by atoms with E-state index in [2.05, 4.69) is 15.3 Å². The van der Waals surface area contributed by atoms with Gasteiger partial charge in [0.05, 0.1) is 11.3 Å². The van der Waals surface area contributed by atoms with Gasteiger partial charge in [-0.05, 0) is 25.0 Å². The van der Waals surface area contributed by atoms with Gasteiger partial charge in [-0.25, -0.2) is 13.8 Å². The smallest absolute Gasteiger partial charge is 0.277 e. The van der Waals surface area contributed by atoms with Crippen LogP contribution >= 0.6 is 11.3 Å². The van der Waals surface area contributed by atoms with Crippen molar-refractivity contribution in [1.82, 2.24) is 15.2 Å². The number of aliphatic imine (C=N–C) groups is 1. The van der Waals surface area contributed by atoms with Crippen LogP contribution in [0, 0.1) is 11.6 Å². The molecule has 1 aliphatic rings. The highest BCUT2D eigenvalue weighted by Gasteiger charge is 2.26. The van der Waals surface area contributed by atoms with Crippen LogP contribution in [0.15, 0.2) is 35.1 Å². The Morgan fingerprint density at radius 2 is 2.10 bits per heavy atom. The number of halogens is 2. The zero-order valence-corrected chi connectivity index (χ0v) is 17.2. The van der Waals surface area contributed by atoms with Crippen LogP contribution in [0.25, 0.3) is 10.6 Å². The molecule has 0 saturated carbocycles. The van der Waals surface area contributed by atoms with Crippen LogP contribution in [-0.2, 0) is 0 Å². The van der Waals surface area contributed by atoms with Gasteiger partial charge in [-0.15, -0.1) is 0 Å². The van der Waals surface area contributed by atoms with Crippen LogP contribution in [0.4, 0.5) is 13.8 Å². The van der Waals surface area contributed by atoms with Crippen LogP contribution in [0.5, 0.6) is 0 Å². The molecule has 0 unspecified atom stereocenters. The van der Waals surface area contributed by atoms with Gasteiger partial charge in [0.1, 0.15) is 27.5 Å². The molecule has 1 fully saturated rings. The molecule has 0 bridgehead atoms. The van der Waals surface area contributed by atoms with Crippen molar-refractivity contribution in [3.05, 3.63) is 47.4 Å². The van der Waals surface area contributed by atoms with E-state index in [0.29, 0.717) is 12.4 Å². The van der Waals surface area contributed by atoms with E-state index in [-0.39, 0.29) is 33.0 Å². The van der Waals surface area contributed by atoms with Gasteiger partial charge in [0.25, 0.3) is 5.91 Å². The lowest BCUT2D eigenvalue weighted by atomic mass is 10.1. The van der Waals surface area contributed by atoms with Gasteiger partial charge in [0.2, 0.25) is 0 Å². The fraction of sp³-hybridized carbons (Fsp3) is 0.316. The molecule has 30 heavy (non-hydrogen) atoms. The van der Waals surface area contributed by atoms with E-state index in [1.54, 1.807) is 7.05 Å². The molecule has 7 N–H and O–H groups in total. The zero-order chi connectivity index (χ0) is 21.8. The number of nitrogen functional groups attached to an aromatic ring is 1. The van der Waals surface area contributed by atoms with E-state index < -0.39 is 17.5 Å². The van der Waals surface area contributed by atoms with Gasteiger partial charge in [-0.3, -0.25) is 9.79 Å². The average Bonchev–Trinajstić information content (AvgIpc) is 3.09. The Balaban J connectivity index is 1.84. The van der Waals surface area contributed by atoms with Crippen molar-refractivity contribution >= 4 is 28.1 Å². The molecule has 1 aromatic carbocycles. The number of nitrogens with two attached hydrogens (primary N) is 3. The third kappa shape index (κ3) is 4.41. The number of benzene rings is 1. The maximum atomic E-state index is 14.1. The van der Waals surface area contributed by atoms with Crippen molar-refractivity contribution < 1.29 is 13.6 Å². The summed E-state index contributed by atoms with van der Waals surface area (Å²) < 4.78 is 28.1. The number of nitrogens with one attached hydrogen (secondary N) is 1. The van der Waals surface area contributed by atoms with Gasteiger partial charge in [0.15, 0.2) is 5.69 Å². The fourth-order valence-electron chi connectivity index (χ4n) is 3.29. The van der Waals surface area contributed by atoms with Crippen molar-refractivity contribution in [1.29, 1.82) is 0 Å². The highest BCUT2D eigenvalue weighted by Crippen LogP contribution is 2.33. The molecule has 1 amide bonds. The number of hydrogen-bond donors (Lipinski definition) is 4. The maximum Gasteiger partial charge on any atom is 0.277 e. The van der Waals surface area contributed by atoms with E-state index in [1.165, 1.54) is 12.3 Å². The molecular weight excluding hydrogens is 412 g/mol. The van der Waals surface area contributed by atoms with E-state index >= 15 is 0 Å². The number of hydrogen-bond acceptors (Lipinski definition) is 7. The first kappa shape index (κ1) is 21.7. The molecule has 0 radical (unpaired) electrons. The topological polar surface area (TPSA) is 136 Å². The van der Waals surface area contributed by atoms with E-state index in [0.717, 1.165) is 42.9 Å². The van der Waals surface area contributed by atoms with Crippen LogP contribution in [-0.4, -0.2) is 47.8 Å².